The lowest BCUT2D eigenvalue weighted by Crippen LogP contribution is -2.40. The maximum absolute atomic E-state index is 11.3. The Balaban J connectivity index is 2.53. The van der Waals surface area contributed by atoms with E-state index in [0.29, 0.717) is 19.4 Å². The molecule has 1 heterocycles. The van der Waals surface area contributed by atoms with Crippen molar-refractivity contribution in [1.82, 2.24) is 4.90 Å². The molecule has 14 heavy (non-hydrogen) atoms. The van der Waals surface area contributed by atoms with Gasteiger partial charge in [-0.05, 0) is 12.8 Å². The summed E-state index contributed by atoms with van der Waals surface area (Å²) in [6.07, 6.45) is 1.64. The van der Waals surface area contributed by atoms with E-state index in [2.05, 4.69) is 6.58 Å². The minimum absolute atomic E-state index is 0.128. The maximum Gasteiger partial charge on any atom is 0.408 e. The quantitative estimate of drug-likeness (QED) is 0.540. The Morgan fingerprint density at radius 3 is 2.93 bits per heavy atom. The van der Waals surface area contributed by atoms with Gasteiger partial charge in [-0.1, -0.05) is 12.7 Å². The van der Waals surface area contributed by atoms with Crippen LogP contribution < -0.4 is 0 Å². The first kappa shape index (κ1) is 10.6. The lowest BCUT2D eigenvalue weighted by atomic mass is 10.2. The van der Waals surface area contributed by atoms with Crippen LogP contribution in [-0.2, 0) is 9.53 Å². The van der Waals surface area contributed by atoms with Crippen LogP contribution in [0.2, 0.25) is 0 Å². The van der Waals surface area contributed by atoms with Crippen LogP contribution in [0.4, 0.5) is 4.79 Å². The molecule has 0 aromatic rings. The molecule has 1 aliphatic rings. The molecule has 0 aromatic heterocycles. The van der Waals surface area contributed by atoms with Gasteiger partial charge in [0.25, 0.3) is 0 Å². The van der Waals surface area contributed by atoms with Crippen molar-refractivity contribution in [2.24, 2.45) is 0 Å². The summed E-state index contributed by atoms with van der Waals surface area (Å²) in [5, 5.41) is 8.76. The van der Waals surface area contributed by atoms with Crippen LogP contribution in [0.15, 0.2) is 12.7 Å². The summed E-state index contributed by atoms with van der Waals surface area (Å²) in [6.45, 7) is 3.94. The first-order valence-electron chi connectivity index (χ1n) is 4.44. The molecular formula is C9H13NO4. The van der Waals surface area contributed by atoms with Crippen molar-refractivity contribution < 1.29 is 19.4 Å². The van der Waals surface area contributed by atoms with Crippen molar-refractivity contribution in [2.45, 2.75) is 18.9 Å². The van der Waals surface area contributed by atoms with Gasteiger partial charge in [0.15, 0.2) is 0 Å². The van der Waals surface area contributed by atoms with Gasteiger partial charge in [-0.25, -0.2) is 9.59 Å². The molecule has 1 fully saturated rings. The monoisotopic (exact) mass is 199 g/mol. The van der Waals surface area contributed by atoms with Crippen LogP contribution in [0.5, 0.6) is 0 Å². The maximum atomic E-state index is 11.3. The van der Waals surface area contributed by atoms with E-state index in [1.807, 2.05) is 0 Å². The Morgan fingerprint density at radius 1 is 1.64 bits per heavy atom. The second-order valence-corrected chi connectivity index (χ2v) is 3.05. The number of carbonyl (C=O) groups is 2. The van der Waals surface area contributed by atoms with Crippen molar-refractivity contribution in [3.63, 3.8) is 0 Å². The van der Waals surface area contributed by atoms with Gasteiger partial charge in [0.2, 0.25) is 0 Å². The van der Waals surface area contributed by atoms with Gasteiger partial charge in [0.05, 0.1) is 0 Å². The van der Waals surface area contributed by atoms with Crippen LogP contribution in [0.3, 0.4) is 0 Å². The van der Waals surface area contributed by atoms with Gasteiger partial charge in [0, 0.05) is 6.54 Å². The standard InChI is InChI=1S/C9H13NO4/c1-2-6-14-8(11)7-4-3-5-10(7)9(12)13/h2,7H,1,3-6H2,(H,12,13). The van der Waals surface area contributed by atoms with Crippen LogP contribution in [0.25, 0.3) is 0 Å². The molecule has 1 rings (SSSR count). The molecule has 5 nitrogen and oxygen atoms in total. The van der Waals surface area contributed by atoms with E-state index in [0.717, 1.165) is 4.90 Å². The summed E-state index contributed by atoms with van der Waals surface area (Å²) in [5.74, 6) is -0.482. The molecule has 1 N–H and O–H groups in total. The van der Waals surface area contributed by atoms with E-state index < -0.39 is 18.1 Å². The molecule has 5 heteroatoms. The van der Waals surface area contributed by atoms with Crippen molar-refractivity contribution in [1.29, 1.82) is 0 Å². The zero-order valence-electron chi connectivity index (χ0n) is 7.81. The molecule has 0 saturated carbocycles. The molecule has 0 radical (unpaired) electrons. The van der Waals surface area contributed by atoms with Crippen molar-refractivity contribution in [2.75, 3.05) is 13.2 Å². The van der Waals surface area contributed by atoms with Crippen molar-refractivity contribution in [3.05, 3.63) is 12.7 Å². The van der Waals surface area contributed by atoms with Crippen LogP contribution in [0, 0.1) is 0 Å². The zero-order valence-corrected chi connectivity index (χ0v) is 7.81. The predicted molar refractivity (Wildman–Crippen MR) is 48.9 cm³/mol. The third-order valence-corrected chi connectivity index (χ3v) is 2.11. The highest BCUT2D eigenvalue weighted by Gasteiger charge is 2.34. The number of carbonyl (C=O) groups excluding carboxylic acids is 1. The Kier molecular flexibility index (Phi) is 3.50. The van der Waals surface area contributed by atoms with Gasteiger partial charge in [0.1, 0.15) is 12.6 Å². The molecule has 1 amide bonds. The van der Waals surface area contributed by atoms with Gasteiger partial charge >= 0.3 is 12.1 Å². The highest BCUT2D eigenvalue weighted by molar-refractivity contribution is 5.81. The zero-order chi connectivity index (χ0) is 10.6. The smallest absolute Gasteiger partial charge is 0.408 e. The minimum atomic E-state index is -1.07. The second kappa shape index (κ2) is 4.64. The predicted octanol–water partition coefficient (Wildman–Crippen LogP) is 0.858. The molecule has 1 unspecified atom stereocenters. The average Bonchev–Trinajstić information content (AvgIpc) is 2.62. The number of carboxylic acid groups (broad SMARTS) is 1. The number of likely N-dealkylation sites (tertiary alicyclic amines) is 1. The van der Waals surface area contributed by atoms with E-state index in [-0.39, 0.29) is 6.61 Å². The normalized spacial score (nSPS) is 20.6. The van der Waals surface area contributed by atoms with Crippen LogP contribution in [-0.4, -0.2) is 41.3 Å². The number of rotatable bonds is 3. The second-order valence-electron chi connectivity index (χ2n) is 3.05. The number of hydrogen-bond donors (Lipinski definition) is 1. The number of esters is 1. The molecule has 1 saturated heterocycles. The number of amides is 1. The number of hydrogen-bond acceptors (Lipinski definition) is 3. The van der Waals surface area contributed by atoms with Crippen molar-refractivity contribution in [3.8, 4) is 0 Å². The summed E-state index contributed by atoms with van der Waals surface area (Å²) >= 11 is 0. The lowest BCUT2D eigenvalue weighted by Gasteiger charge is -2.19. The van der Waals surface area contributed by atoms with Crippen LogP contribution >= 0.6 is 0 Å². The Labute approximate surface area is 82.0 Å². The molecule has 0 aliphatic carbocycles. The molecule has 0 aromatic carbocycles. The minimum Gasteiger partial charge on any atom is -0.465 e. The van der Waals surface area contributed by atoms with Crippen LogP contribution in [0.1, 0.15) is 12.8 Å². The highest BCUT2D eigenvalue weighted by atomic mass is 16.5. The third-order valence-electron chi connectivity index (χ3n) is 2.11. The SMILES string of the molecule is C=CCOC(=O)C1CCCN1C(=O)O. The average molecular weight is 199 g/mol. The van der Waals surface area contributed by atoms with Gasteiger partial charge in [-0.15, -0.1) is 0 Å². The van der Waals surface area contributed by atoms with E-state index in [1.54, 1.807) is 0 Å². The van der Waals surface area contributed by atoms with E-state index in [1.165, 1.54) is 6.08 Å². The molecule has 78 valence electrons. The van der Waals surface area contributed by atoms with Gasteiger partial charge < -0.3 is 9.84 Å². The fourth-order valence-electron chi connectivity index (χ4n) is 1.48. The fourth-order valence-corrected chi connectivity index (χ4v) is 1.48. The molecule has 1 atom stereocenters. The Bertz CT molecular complexity index is 251. The third kappa shape index (κ3) is 2.25. The topological polar surface area (TPSA) is 66.8 Å². The van der Waals surface area contributed by atoms with E-state index in [4.69, 9.17) is 9.84 Å². The van der Waals surface area contributed by atoms with E-state index >= 15 is 0 Å². The molecule has 0 bridgehead atoms. The van der Waals surface area contributed by atoms with Crippen molar-refractivity contribution >= 4 is 12.1 Å². The summed E-state index contributed by atoms with van der Waals surface area (Å²) < 4.78 is 4.79. The highest BCUT2D eigenvalue weighted by Crippen LogP contribution is 2.18. The van der Waals surface area contributed by atoms with E-state index in [9.17, 15) is 9.59 Å². The summed E-state index contributed by atoms with van der Waals surface area (Å²) in [4.78, 5) is 23.1. The number of nitrogens with zero attached hydrogens (tertiary/aromatic N) is 1. The largest absolute Gasteiger partial charge is 0.465 e. The first-order valence-corrected chi connectivity index (χ1v) is 4.44. The molecule has 1 aliphatic heterocycles. The number of ether oxygens (including phenoxy) is 1. The lowest BCUT2D eigenvalue weighted by molar-refractivity contribution is -0.147. The first-order chi connectivity index (χ1) is 6.66. The van der Waals surface area contributed by atoms with Gasteiger partial charge in [-0.2, -0.15) is 0 Å². The Morgan fingerprint density at radius 2 is 2.36 bits per heavy atom. The summed E-state index contributed by atoms with van der Waals surface area (Å²) in [5.41, 5.74) is 0. The molecular weight excluding hydrogens is 186 g/mol. The Hall–Kier alpha value is -1.52. The summed E-state index contributed by atoms with van der Waals surface area (Å²) in [6, 6.07) is -0.632. The molecule has 0 spiro atoms. The van der Waals surface area contributed by atoms with Gasteiger partial charge in [-0.3, -0.25) is 4.90 Å². The fraction of sp³-hybridized carbons (Fsp3) is 0.556. The summed E-state index contributed by atoms with van der Waals surface area (Å²) in [7, 11) is 0.